The molecule has 1 aliphatic carbocycles. The minimum absolute atomic E-state index is 0.140. The maximum atomic E-state index is 14.1. The summed E-state index contributed by atoms with van der Waals surface area (Å²) in [5.74, 6) is -0.449. The van der Waals surface area contributed by atoms with Crippen LogP contribution in [-0.2, 0) is 5.54 Å². The largest absolute Gasteiger partial charge is 0.475 e. The van der Waals surface area contributed by atoms with E-state index >= 15 is 0 Å². The number of alkyl halides is 1. The van der Waals surface area contributed by atoms with Crippen LogP contribution in [-0.4, -0.2) is 32.0 Å². The predicted molar refractivity (Wildman–Crippen MR) is 104 cm³/mol. The van der Waals surface area contributed by atoms with Crippen LogP contribution in [0.2, 0.25) is 0 Å². The van der Waals surface area contributed by atoms with Crippen LogP contribution in [0.15, 0.2) is 12.4 Å². The van der Waals surface area contributed by atoms with Crippen LogP contribution in [0.25, 0.3) is 0 Å². The molecule has 1 fully saturated rings. The maximum absolute atomic E-state index is 14.1. The molecule has 0 bridgehead atoms. The van der Waals surface area contributed by atoms with Crippen molar-refractivity contribution in [3.63, 3.8) is 0 Å². The van der Waals surface area contributed by atoms with Crippen molar-refractivity contribution in [3.05, 3.63) is 23.9 Å². The monoisotopic (exact) mass is 404 g/mol. The molecule has 1 N–H and O–H groups in total. The third kappa shape index (κ3) is 5.00. The standard InChI is InChI=1S/C20H26F2N6O/c1-13-16(10-28(27-13)19(2,3)12-23)25-18-24-9-15(21)17(26-18)29-11-14-5-7-20(4,22)8-6-14/h9-10,14H,5-8,11H2,1-4H3,(H,24,25,26). The Hall–Kier alpha value is -2.76. The summed E-state index contributed by atoms with van der Waals surface area (Å²) in [6.07, 6.45) is 5.12. The van der Waals surface area contributed by atoms with Gasteiger partial charge in [-0.25, -0.2) is 9.37 Å². The highest BCUT2D eigenvalue weighted by atomic mass is 19.1. The Kier molecular flexibility index (Phi) is 5.73. The lowest BCUT2D eigenvalue weighted by Gasteiger charge is -2.30. The van der Waals surface area contributed by atoms with Gasteiger partial charge in [0.25, 0.3) is 5.88 Å². The zero-order valence-corrected chi connectivity index (χ0v) is 17.2. The van der Waals surface area contributed by atoms with Crippen molar-refractivity contribution in [2.75, 3.05) is 11.9 Å². The van der Waals surface area contributed by atoms with Crippen LogP contribution in [0.1, 0.15) is 52.1 Å². The van der Waals surface area contributed by atoms with Crippen molar-refractivity contribution in [2.24, 2.45) is 5.92 Å². The third-order valence-electron chi connectivity index (χ3n) is 5.31. The van der Waals surface area contributed by atoms with Crippen LogP contribution in [0, 0.1) is 30.0 Å². The maximum Gasteiger partial charge on any atom is 0.255 e. The van der Waals surface area contributed by atoms with E-state index in [0.29, 0.717) is 37.1 Å². The van der Waals surface area contributed by atoms with Crippen LogP contribution in [0.4, 0.5) is 20.4 Å². The van der Waals surface area contributed by atoms with E-state index in [0.717, 1.165) is 6.20 Å². The summed E-state index contributed by atoms with van der Waals surface area (Å²) < 4.78 is 35.1. The van der Waals surface area contributed by atoms with Gasteiger partial charge in [0.1, 0.15) is 11.2 Å². The van der Waals surface area contributed by atoms with Gasteiger partial charge in [-0.3, -0.25) is 4.68 Å². The number of nitriles is 1. The number of nitrogens with zero attached hydrogens (tertiary/aromatic N) is 5. The first kappa shape index (κ1) is 21.0. The summed E-state index contributed by atoms with van der Waals surface area (Å²) in [4.78, 5) is 8.07. The predicted octanol–water partition coefficient (Wildman–Crippen LogP) is 4.42. The summed E-state index contributed by atoms with van der Waals surface area (Å²) in [6, 6.07) is 2.18. The Morgan fingerprint density at radius 1 is 1.41 bits per heavy atom. The van der Waals surface area contributed by atoms with E-state index in [-0.39, 0.29) is 24.4 Å². The second kappa shape index (κ2) is 7.93. The zero-order valence-electron chi connectivity index (χ0n) is 17.2. The van der Waals surface area contributed by atoms with Crippen molar-refractivity contribution in [1.29, 1.82) is 5.26 Å². The van der Waals surface area contributed by atoms with E-state index in [2.05, 4.69) is 26.5 Å². The van der Waals surface area contributed by atoms with E-state index in [1.54, 1.807) is 38.6 Å². The number of hydrogen-bond donors (Lipinski definition) is 1. The molecular weight excluding hydrogens is 378 g/mol. The summed E-state index contributed by atoms with van der Waals surface area (Å²) in [6.45, 7) is 7.19. The van der Waals surface area contributed by atoms with Crippen LogP contribution in [0.5, 0.6) is 5.88 Å². The average molecular weight is 404 g/mol. The van der Waals surface area contributed by atoms with Crippen LogP contribution in [0.3, 0.4) is 0 Å². The number of nitrogens with one attached hydrogen (secondary N) is 1. The second-order valence-corrected chi connectivity index (χ2v) is 8.38. The van der Waals surface area contributed by atoms with Crippen molar-refractivity contribution in [3.8, 4) is 11.9 Å². The molecule has 0 aliphatic heterocycles. The normalized spacial score (nSPS) is 22.2. The fourth-order valence-corrected chi connectivity index (χ4v) is 3.20. The molecule has 3 rings (SSSR count). The van der Waals surface area contributed by atoms with Gasteiger partial charge in [-0.1, -0.05) is 0 Å². The number of aryl methyl sites for hydroxylation is 1. The number of halogens is 2. The molecule has 9 heteroatoms. The molecule has 2 aromatic heterocycles. The fourth-order valence-electron chi connectivity index (χ4n) is 3.20. The Morgan fingerprint density at radius 3 is 2.76 bits per heavy atom. The first-order valence-corrected chi connectivity index (χ1v) is 9.69. The van der Waals surface area contributed by atoms with Crippen molar-refractivity contribution < 1.29 is 13.5 Å². The first-order chi connectivity index (χ1) is 13.6. The number of hydrogen-bond acceptors (Lipinski definition) is 6. The molecule has 156 valence electrons. The highest BCUT2D eigenvalue weighted by molar-refractivity contribution is 5.55. The van der Waals surface area contributed by atoms with Gasteiger partial charge in [0.2, 0.25) is 11.8 Å². The molecule has 0 unspecified atom stereocenters. The Bertz CT molecular complexity index is 908. The average Bonchev–Trinajstić information content (AvgIpc) is 3.04. The smallest absolute Gasteiger partial charge is 0.255 e. The summed E-state index contributed by atoms with van der Waals surface area (Å²) in [5.41, 5.74) is -0.658. The molecule has 1 saturated carbocycles. The molecule has 0 saturated heterocycles. The number of aromatic nitrogens is 4. The zero-order chi connectivity index (χ0) is 21.2. The quantitative estimate of drug-likeness (QED) is 0.767. The topological polar surface area (TPSA) is 88.7 Å². The van der Waals surface area contributed by atoms with Crippen LogP contribution < -0.4 is 10.1 Å². The summed E-state index contributed by atoms with van der Waals surface area (Å²) >= 11 is 0. The molecule has 2 aromatic rings. The molecule has 0 amide bonds. The van der Waals surface area contributed by atoms with Crippen LogP contribution >= 0.6 is 0 Å². The number of ether oxygens (including phenoxy) is 1. The van der Waals surface area contributed by atoms with Gasteiger partial charge in [0.05, 0.1) is 36.5 Å². The highest BCUT2D eigenvalue weighted by Crippen LogP contribution is 2.35. The Morgan fingerprint density at radius 2 is 2.10 bits per heavy atom. The van der Waals surface area contributed by atoms with Gasteiger partial charge in [-0.15, -0.1) is 0 Å². The molecule has 7 nitrogen and oxygen atoms in total. The van der Waals surface area contributed by atoms with Gasteiger partial charge in [0.15, 0.2) is 0 Å². The first-order valence-electron chi connectivity index (χ1n) is 9.69. The molecule has 0 aromatic carbocycles. The molecule has 0 radical (unpaired) electrons. The minimum atomic E-state index is -1.11. The molecular formula is C20H26F2N6O. The molecule has 2 heterocycles. The van der Waals surface area contributed by atoms with Gasteiger partial charge < -0.3 is 10.1 Å². The van der Waals surface area contributed by atoms with Gasteiger partial charge in [-0.2, -0.15) is 19.7 Å². The Balaban J connectivity index is 1.68. The summed E-state index contributed by atoms with van der Waals surface area (Å²) in [7, 11) is 0. The van der Waals surface area contributed by atoms with Crippen molar-refractivity contribution in [1.82, 2.24) is 19.7 Å². The number of anilines is 2. The lowest BCUT2D eigenvalue weighted by atomic mass is 9.81. The molecule has 0 spiro atoms. The van der Waals surface area contributed by atoms with E-state index in [1.807, 2.05) is 0 Å². The van der Waals surface area contributed by atoms with E-state index in [1.165, 1.54) is 0 Å². The lowest BCUT2D eigenvalue weighted by molar-refractivity contribution is 0.0827. The highest BCUT2D eigenvalue weighted by Gasteiger charge is 2.31. The molecule has 1 aliphatic rings. The molecule has 29 heavy (non-hydrogen) atoms. The summed E-state index contributed by atoms with van der Waals surface area (Å²) in [5, 5.41) is 16.6. The van der Waals surface area contributed by atoms with Gasteiger partial charge in [-0.05, 0) is 59.3 Å². The van der Waals surface area contributed by atoms with Gasteiger partial charge >= 0.3 is 0 Å². The van der Waals surface area contributed by atoms with Crippen molar-refractivity contribution >= 4 is 11.6 Å². The van der Waals surface area contributed by atoms with Crippen molar-refractivity contribution in [2.45, 2.75) is 64.6 Å². The van der Waals surface area contributed by atoms with Gasteiger partial charge in [0, 0.05) is 0 Å². The molecule has 0 atom stereocenters. The fraction of sp³-hybridized carbons (Fsp3) is 0.600. The SMILES string of the molecule is Cc1nn(C(C)(C)C#N)cc1Nc1ncc(F)c(OCC2CCC(C)(F)CC2)n1. The number of rotatable bonds is 6. The lowest BCUT2D eigenvalue weighted by Crippen LogP contribution is -2.28. The van der Waals surface area contributed by atoms with E-state index in [9.17, 15) is 14.0 Å². The van der Waals surface area contributed by atoms with E-state index < -0.39 is 17.0 Å². The Labute approximate surface area is 169 Å². The third-order valence-corrected chi connectivity index (χ3v) is 5.31. The minimum Gasteiger partial charge on any atom is -0.475 e. The van der Waals surface area contributed by atoms with E-state index in [4.69, 9.17) is 4.74 Å². The second-order valence-electron chi connectivity index (χ2n) is 8.38.